The molecule has 0 bridgehead atoms. The topological polar surface area (TPSA) is 34.0 Å². The van der Waals surface area contributed by atoms with Gasteiger partial charge in [-0.3, -0.25) is 4.79 Å². The highest BCUT2D eigenvalue weighted by molar-refractivity contribution is 7.17. The number of aromatic nitrogens is 1. The number of rotatable bonds is 5. The molecule has 1 aromatic carbocycles. The van der Waals surface area contributed by atoms with Gasteiger partial charge in [-0.2, -0.15) is 0 Å². The molecule has 112 valence electrons. The molecule has 22 heavy (non-hydrogen) atoms. The molecule has 0 atom stereocenters. The zero-order valence-corrected chi connectivity index (χ0v) is 13.3. The van der Waals surface area contributed by atoms with E-state index in [2.05, 4.69) is 27.4 Å². The van der Waals surface area contributed by atoms with Gasteiger partial charge in [0, 0.05) is 13.1 Å². The summed E-state index contributed by atoms with van der Waals surface area (Å²) >= 11 is 1.66. The SMILES string of the molecule is C/C=C/Cn1c(C(=O)NCc2ccccc2)cc2sccc21. The second-order valence-corrected chi connectivity index (χ2v) is 6.00. The van der Waals surface area contributed by atoms with Crippen LogP contribution in [0.5, 0.6) is 0 Å². The highest BCUT2D eigenvalue weighted by atomic mass is 32.1. The Morgan fingerprint density at radius 2 is 2.09 bits per heavy atom. The number of benzene rings is 1. The van der Waals surface area contributed by atoms with E-state index in [0.717, 1.165) is 21.5 Å². The molecule has 0 aliphatic heterocycles. The molecule has 2 heterocycles. The van der Waals surface area contributed by atoms with Crippen LogP contribution in [0.1, 0.15) is 23.0 Å². The molecule has 0 fully saturated rings. The van der Waals surface area contributed by atoms with Crippen LogP contribution in [0.4, 0.5) is 0 Å². The number of amides is 1. The number of thiophene rings is 1. The predicted molar refractivity (Wildman–Crippen MR) is 92.2 cm³/mol. The van der Waals surface area contributed by atoms with E-state index in [4.69, 9.17) is 0 Å². The summed E-state index contributed by atoms with van der Waals surface area (Å²) in [6.45, 7) is 3.25. The molecular formula is C18H18N2OS. The molecular weight excluding hydrogens is 292 g/mol. The van der Waals surface area contributed by atoms with Crippen molar-refractivity contribution in [1.82, 2.24) is 9.88 Å². The number of nitrogens with one attached hydrogen (secondary N) is 1. The lowest BCUT2D eigenvalue weighted by Crippen LogP contribution is -2.25. The van der Waals surface area contributed by atoms with Crippen molar-refractivity contribution in [2.75, 3.05) is 0 Å². The molecule has 3 aromatic rings. The number of hydrogen-bond donors (Lipinski definition) is 1. The molecule has 0 aliphatic carbocycles. The van der Waals surface area contributed by atoms with E-state index in [1.807, 2.05) is 49.4 Å². The van der Waals surface area contributed by atoms with Crippen LogP contribution >= 0.6 is 11.3 Å². The first-order valence-electron chi connectivity index (χ1n) is 7.29. The lowest BCUT2D eigenvalue weighted by Gasteiger charge is -2.09. The predicted octanol–water partition coefficient (Wildman–Crippen LogP) is 4.21. The van der Waals surface area contributed by atoms with Gasteiger partial charge in [-0.1, -0.05) is 42.5 Å². The normalized spacial score (nSPS) is 11.3. The minimum atomic E-state index is -0.0308. The van der Waals surface area contributed by atoms with Gasteiger partial charge in [0.05, 0.1) is 10.2 Å². The van der Waals surface area contributed by atoms with Crippen molar-refractivity contribution in [3.8, 4) is 0 Å². The van der Waals surface area contributed by atoms with Crippen LogP contribution in [-0.4, -0.2) is 10.5 Å². The average Bonchev–Trinajstić information content (AvgIpc) is 3.13. The number of carbonyl (C=O) groups is 1. The van der Waals surface area contributed by atoms with Crippen LogP contribution in [-0.2, 0) is 13.1 Å². The van der Waals surface area contributed by atoms with Crippen LogP contribution in [0.2, 0.25) is 0 Å². The molecule has 0 spiro atoms. The van der Waals surface area contributed by atoms with Gasteiger partial charge in [-0.05, 0) is 30.0 Å². The fraction of sp³-hybridized carbons (Fsp3) is 0.167. The Balaban J connectivity index is 1.82. The lowest BCUT2D eigenvalue weighted by molar-refractivity contribution is 0.0942. The van der Waals surface area contributed by atoms with Crippen molar-refractivity contribution in [3.63, 3.8) is 0 Å². The molecule has 3 rings (SSSR count). The van der Waals surface area contributed by atoms with Gasteiger partial charge in [0.15, 0.2) is 0 Å². The number of hydrogen-bond acceptors (Lipinski definition) is 2. The molecule has 0 radical (unpaired) electrons. The van der Waals surface area contributed by atoms with Gasteiger partial charge in [-0.25, -0.2) is 0 Å². The molecule has 4 heteroatoms. The quantitative estimate of drug-likeness (QED) is 0.704. The minimum absolute atomic E-state index is 0.0308. The third-order valence-electron chi connectivity index (χ3n) is 3.57. The summed E-state index contributed by atoms with van der Waals surface area (Å²) in [5.41, 5.74) is 2.94. The minimum Gasteiger partial charge on any atom is -0.347 e. The summed E-state index contributed by atoms with van der Waals surface area (Å²) in [5, 5.41) is 5.06. The number of allylic oxidation sites excluding steroid dienone is 2. The van der Waals surface area contributed by atoms with Crippen molar-refractivity contribution >= 4 is 27.5 Å². The maximum atomic E-state index is 12.5. The number of carbonyl (C=O) groups excluding carboxylic acids is 1. The maximum absolute atomic E-state index is 12.5. The van der Waals surface area contributed by atoms with E-state index in [-0.39, 0.29) is 5.91 Å². The van der Waals surface area contributed by atoms with Crippen LogP contribution < -0.4 is 5.32 Å². The molecule has 3 nitrogen and oxygen atoms in total. The van der Waals surface area contributed by atoms with Crippen molar-refractivity contribution in [3.05, 3.63) is 71.3 Å². The van der Waals surface area contributed by atoms with Crippen molar-refractivity contribution in [2.24, 2.45) is 0 Å². The summed E-state index contributed by atoms with van der Waals surface area (Å²) in [5.74, 6) is -0.0308. The van der Waals surface area contributed by atoms with E-state index in [1.54, 1.807) is 11.3 Å². The highest BCUT2D eigenvalue weighted by Gasteiger charge is 2.15. The standard InChI is InChI=1S/C18H18N2OS/c1-2-3-10-20-15-9-11-22-17(15)12-16(20)18(21)19-13-14-7-5-4-6-8-14/h2-9,11-12H,10,13H2,1H3,(H,19,21)/b3-2+. The number of nitrogens with zero attached hydrogens (tertiary/aromatic N) is 1. The molecule has 0 saturated heterocycles. The summed E-state index contributed by atoms with van der Waals surface area (Å²) in [6.07, 6.45) is 4.06. The summed E-state index contributed by atoms with van der Waals surface area (Å²) in [4.78, 5) is 12.5. The van der Waals surface area contributed by atoms with Crippen molar-refractivity contribution < 1.29 is 4.79 Å². The first-order chi connectivity index (χ1) is 10.8. The van der Waals surface area contributed by atoms with Gasteiger partial charge in [0.2, 0.25) is 0 Å². The van der Waals surface area contributed by atoms with Gasteiger partial charge < -0.3 is 9.88 Å². The molecule has 0 aliphatic rings. The van der Waals surface area contributed by atoms with E-state index >= 15 is 0 Å². The molecule has 2 aromatic heterocycles. The number of fused-ring (bicyclic) bond motifs is 1. The Bertz CT molecular complexity index is 799. The van der Waals surface area contributed by atoms with E-state index in [1.165, 1.54) is 0 Å². The largest absolute Gasteiger partial charge is 0.347 e. The Morgan fingerprint density at radius 1 is 1.27 bits per heavy atom. The Hall–Kier alpha value is -2.33. The fourth-order valence-electron chi connectivity index (χ4n) is 2.44. The van der Waals surface area contributed by atoms with Crippen LogP contribution in [0.25, 0.3) is 10.2 Å². The van der Waals surface area contributed by atoms with Crippen molar-refractivity contribution in [2.45, 2.75) is 20.0 Å². The molecule has 1 N–H and O–H groups in total. The van der Waals surface area contributed by atoms with Gasteiger partial charge >= 0.3 is 0 Å². The average molecular weight is 310 g/mol. The summed E-state index contributed by atoms with van der Waals surface area (Å²) in [6, 6.07) is 14.0. The monoisotopic (exact) mass is 310 g/mol. The molecule has 0 saturated carbocycles. The van der Waals surface area contributed by atoms with Crippen LogP contribution in [0, 0.1) is 0 Å². The Morgan fingerprint density at radius 3 is 2.86 bits per heavy atom. The smallest absolute Gasteiger partial charge is 0.268 e. The molecule has 0 unspecified atom stereocenters. The van der Waals surface area contributed by atoms with Gasteiger partial charge in [0.25, 0.3) is 5.91 Å². The van der Waals surface area contributed by atoms with Crippen LogP contribution in [0.15, 0.2) is 60.0 Å². The third-order valence-corrected chi connectivity index (χ3v) is 4.43. The zero-order chi connectivity index (χ0) is 15.4. The molecule has 1 amide bonds. The Kier molecular flexibility index (Phi) is 4.39. The van der Waals surface area contributed by atoms with Gasteiger partial charge in [-0.15, -0.1) is 11.3 Å². The Labute approximate surface area is 133 Å². The fourth-order valence-corrected chi connectivity index (χ4v) is 3.26. The van der Waals surface area contributed by atoms with Crippen LogP contribution in [0.3, 0.4) is 0 Å². The van der Waals surface area contributed by atoms with E-state index < -0.39 is 0 Å². The van der Waals surface area contributed by atoms with E-state index in [0.29, 0.717) is 13.1 Å². The highest BCUT2D eigenvalue weighted by Crippen LogP contribution is 2.25. The zero-order valence-electron chi connectivity index (χ0n) is 12.5. The maximum Gasteiger partial charge on any atom is 0.268 e. The summed E-state index contributed by atoms with van der Waals surface area (Å²) < 4.78 is 3.21. The lowest BCUT2D eigenvalue weighted by atomic mass is 10.2. The first-order valence-corrected chi connectivity index (χ1v) is 8.17. The second kappa shape index (κ2) is 6.62. The van der Waals surface area contributed by atoms with E-state index in [9.17, 15) is 4.79 Å². The van der Waals surface area contributed by atoms with Gasteiger partial charge in [0.1, 0.15) is 5.69 Å². The van der Waals surface area contributed by atoms with Crippen molar-refractivity contribution in [1.29, 1.82) is 0 Å². The third kappa shape index (κ3) is 2.97. The summed E-state index contributed by atoms with van der Waals surface area (Å²) in [7, 11) is 0. The second-order valence-electron chi connectivity index (χ2n) is 5.05. The first kappa shape index (κ1) is 14.6.